The molecule has 7 nitrogen and oxygen atoms in total. The Hall–Kier alpha value is -3.13. The van der Waals surface area contributed by atoms with Crippen LogP contribution in [-0.2, 0) is 4.79 Å². The number of ether oxygens (including phenoxy) is 4. The molecular formula is C24H31NO6Si. The van der Waals surface area contributed by atoms with Gasteiger partial charge in [-0.2, -0.15) is 0 Å². The molecule has 2 aromatic rings. The topological polar surface area (TPSA) is 77.5 Å². The number of phenolic OH excluding ortho intramolecular Hbond substituents is 1. The minimum absolute atomic E-state index is 0.0266. The van der Waals surface area contributed by atoms with Gasteiger partial charge in [0.05, 0.1) is 40.2 Å². The van der Waals surface area contributed by atoms with E-state index in [0.717, 1.165) is 11.6 Å². The number of allylic oxidation sites excluding steroid dienone is 1. The molecule has 0 aromatic heterocycles. The average Bonchev–Trinajstić information content (AvgIpc) is 2.75. The lowest BCUT2D eigenvalue weighted by molar-refractivity contribution is -0.119. The second-order valence-corrected chi connectivity index (χ2v) is 14.3. The van der Waals surface area contributed by atoms with Crippen LogP contribution in [0.2, 0.25) is 25.7 Å². The maximum Gasteiger partial charge on any atom is 0.257 e. The number of hydrogen-bond donors (Lipinski definition) is 1. The van der Waals surface area contributed by atoms with Gasteiger partial charge in [-0.1, -0.05) is 31.8 Å². The van der Waals surface area contributed by atoms with E-state index in [1.54, 1.807) is 29.2 Å². The van der Waals surface area contributed by atoms with Crippen molar-refractivity contribution >= 4 is 19.7 Å². The number of carbonyl (C=O) groups excluding carboxylic acids is 1. The predicted octanol–water partition coefficient (Wildman–Crippen LogP) is 4.78. The molecule has 1 amide bonds. The third kappa shape index (κ3) is 4.41. The van der Waals surface area contributed by atoms with Crippen LogP contribution >= 0.6 is 0 Å². The second kappa shape index (κ2) is 9.16. The fraction of sp³-hybridized carbons (Fsp3) is 0.375. The first kappa shape index (κ1) is 23.5. The molecule has 0 spiro atoms. The quantitative estimate of drug-likeness (QED) is 0.349. The number of rotatable bonds is 8. The molecule has 8 heteroatoms. The lowest BCUT2D eigenvalue weighted by Crippen LogP contribution is -2.49. The Labute approximate surface area is 190 Å². The van der Waals surface area contributed by atoms with Crippen molar-refractivity contribution in [1.29, 1.82) is 0 Å². The second-order valence-electron chi connectivity index (χ2n) is 8.82. The molecule has 1 N–H and O–H groups in total. The molecule has 1 fully saturated rings. The molecule has 1 atom stereocenters. The predicted molar refractivity (Wildman–Crippen MR) is 127 cm³/mol. The van der Waals surface area contributed by atoms with Crippen LogP contribution in [0.25, 0.3) is 0 Å². The summed E-state index contributed by atoms with van der Waals surface area (Å²) in [7, 11) is 4.71. The van der Waals surface area contributed by atoms with Gasteiger partial charge in [0.15, 0.2) is 23.0 Å². The van der Waals surface area contributed by atoms with Gasteiger partial charge in [-0.05, 0) is 23.7 Å². The van der Waals surface area contributed by atoms with Crippen molar-refractivity contribution in [3.63, 3.8) is 0 Å². The highest BCUT2D eigenvalue weighted by atomic mass is 28.3. The molecule has 0 saturated carbocycles. The van der Waals surface area contributed by atoms with Crippen LogP contribution in [-0.4, -0.2) is 47.5 Å². The molecule has 172 valence electrons. The van der Waals surface area contributed by atoms with Crippen LogP contribution in [0.5, 0.6) is 28.7 Å². The number of amides is 1. The zero-order valence-electron chi connectivity index (χ0n) is 19.7. The van der Waals surface area contributed by atoms with Gasteiger partial charge in [0, 0.05) is 25.8 Å². The summed E-state index contributed by atoms with van der Waals surface area (Å²) in [6, 6.07) is 9.26. The van der Waals surface area contributed by atoms with Gasteiger partial charge in [0.2, 0.25) is 5.75 Å². The van der Waals surface area contributed by atoms with Crippen molar-refractivity contribution in [1.82, 2.24) is 0 Å². The van der Waals surface area contributed by atoms with Crippen LogP contribution in [0.4, 0.5) is 5.69 Å². The van der Waals surface area contributed by atoms with Gasteiger partial charge in [0.25, 0.3) is 5.91 Å². The van der Waals surface area contributed by atoms with Crippen LogP contribution in [0.15, 0.2) is 42.0 Å². The summed E-state index contributed by atoms with van der Waals surface area (Å²) in [5, 5.41) is 10.4. The van der Waals surface area contributed by atoms with Crippen molar-refractivity contribution < 1.29 is 28.8 Å². The lowest BCUT2D eigenvalue weighted by atomic mass is 9.87. The molecule has 0 unspecified atom stereocenters. The SMILES string of the molecule is COc1ccc([C@H]2C(=CC[Si](C)(C)C)C(=O)N2c2cc(OC)c(OC)c(OC)c2)cc1O. The summed E-state index contributed by atoms with van der Waals surface area (Å²) in [5.41, 5.74) is 2.12. The largest absolute Gasteiger partial charge is 0.504 e. The van der Waals surface area contributed by atoms with E-state index in [-0.39, 0.29) is 17.7 Å². The monoisotopic (exact) mass is 457 g/mol. The molecule has 1 aliphatic heterocycles. The number of β-lactam (4-membered cyclic amide) rings is 1. The first-order valence-corrected chi connectivity index (χ1v) is 14.1. The van der Waals surface area contributed by atoms with E-state index in [9.17, 15) is 9.90 Å². The normalized spacial score (nSPS) is 17.2. The molecule has 0 radical (unpaired) electrons. The Kier molecular flexibility index (Phi) is 6.73. The molecule has 1 saturated heterocycles. The fourth-order valence-corrected chi connectivity index (χ4v) is 4.57. The molecule has 0 aliphatic carbocycles. The van der Waals surface area contributed by atoms with E-state index in [0.29, 0.717) is 34.3 Å². The first-order valence-electron chi connectivity index (χ1n) is 10.4. The van der Waals surface area contributed by atoms with Crippen molar-refractivity contribution in [2.24, 2.45) is 0 Å². The Balaban J connectivity index is 2.12. The highest BCUT2D eigenvalue weighted by molar-refractivity contribution is 6.76. The highest BCUT2D eigenvalue weighted by Crippen LogP contribution is 2.49. The van der Waals surface area contributed by atoms with Crippen molar-refractivity contribution in [3.8, 4) is 28.7 Å². The maximum atomic E-state index is 13.3. The van der Waals surface area contributed by atoms with E-state index < -0.39 is 8.07 Å². The zero-order valence-corrected chi connectivity index (χ0v) is 20.7. The van der Waals surface area contributed by atoms with Crippen molar-refractivity contribution in [2.75, 3.05) is 33.3 Å². The third-order valence-electron chi connectivity index (χ3n) is 5.40. The molecule has 2 aromatic carbocycles. The molecule has 1 heterocycles. The number of benzene rings is 2. The molecule has 1 aliphatic rings. The summed E-state index contributed by atoms with van der Waals surface area (Å²) in [6.45, 7) is 6.79. The number of carbonyl (C=O) groups is 1. The van der Waals surface area contributed by atoms with E-state index in [1.807, 2.05) is 6.07 Å². The Morgan fingerprint density at radius 3 is 2.00 bits per heavy atom. The number of anilines is 1. The summed E-state index contributed by atoms with van der Waals surface area (Å²) in [6.07, 6.45) is 2.05. The summed E-state index contributed by atoms with van der Waals surface area (Å²) in [5.74, 6) is 1.71. The third-order valence-corrected chi connectivity index (χ3v) is 6.83. The van der Waals surface area contributed by atoms with Gasteiger partial charge in [-0.3, -0.25) is 9.69 Å². The van der Waals surface area contributed by atoms with Gasteiger partial charge in [0.1, 0.15) is 0 Å². The van der Waals surface area contributed by atoms with Crippen molar-refractivity contribution in [2.45, 2.75) is 31.7 Å². The smallest absolute Gasteiger partial charge is 0.257 e. The van der Waals surface area contributed by atoms with Crippen LogP contribution in [0.1, 0.15) is 11.6 Å². The van der Waals surface area contributed by atoms with Crippen LogP contribution in [0, 0.1) is 0 Å². The molecule has 3 rings (SSSR count). The summed E-state index contributed by atoms with van der Waals surface area (Å²) >= 11 is 0. The van der Waals surface area contributed by atoms with Gasteiger partial charge < -0.3 is 24.1 Å². The van der Waals surface area contributed by atoms with Crippen LogP contribution < -0.4 is 23.8 Å². The zero-order chi connectivity index (χ0) is 23.6. The van der Waals surface area contributed by atoms with E-state index in [1.165, 1.54) is 28.4 Å². The van der Waals surface area contributed by atoms with Gasteiger partial charge in [-0.25, -0.2) is 0 Å². The number of aromatic hydroxyl groups is 1. The Bertz CT molecular complexity index is 1020. The Morgan fingerprint density at radius 1 is 0.938 bits per heavy atom. The van der Waals surface area contributed by atoms with Gasteiger partial charge in [-0.15, -0.1) is 0 Å². The average molecular weight is 458 g/mol. The fourth-order valence-electron chi connectivity index (χ4n) is 3.74. The molecular weight excluding hydrogens is 426 g/mol. The minimum Gasteiger partial charge on any atom is -0.504 e. The van der Waals surface area contributed by atoms with Gasteiger partial charge >= 0.3 is 0 Å². The molecule has 0 bridgehead atoms. The summed E-state index contributed by atoms with van der Waals surface area (Å²) in [4.78, 5) is 15.0. The lowest BCUT2D eigenvalue weighted by Gasteiger charge is -2.43. The standard InChI is InChI=1S/C24H31NO6Si/c1-28-19-9-8-15(12-18(19)26)22-17(10-11-32(5,6)7)24(27)25(22)16-13-20(29-2)23(31-4)21(14-16)30-3/h8-10,12-14,22,26H,11H2,1-7H3/t22-/m0/s1. The number of methoxy groups -OCH3 is 4. The van der Waals surface area contributed by atoms with Crippen LogP contribution in [0.3, 0.4) is 0 Å². The Morgan fingerprint density at radius 2 is 1.53 bits per heavy atom. The minimum atomic E-state index is -1.40. The number of phenols is 1. The van der Waals surface area contributed by atoms with E-state index in [2.05, 4.69) is 25.7 Å². The van der Waals surface area contributed by atoms with Crippen molar-refractivity contribution in [3.05, 3.63) is 47.5 Å². The van der Waals surface area contributed by atoms with E-state index in [4.69, 9.17) is 18.9 Å². The number of hydrogen-bond acceptors (Lipinski definition) is 6. The van der Waals surface area contributed by atoms with E-state index >= 15 is 0 Å². The number of nitrogens with zero attached hydrogens (tertiary/aromatic N) is 1. The summed E-state index contributed by atoms with van der Waals surface area (Å²) < 4.78 is 21.5. The highest BCUT2D eigenvalue weighted by Gasteiger charge is 2.44. The maximum absolute atomic E-state index is 13.3. The first-order chi connectivity index (χ1) is 15.1. The molecule has 32 heavy (non-hydrogen) atoms.